The first-order chi connectivity index (χ1) is 5.79. The number of H-pyrrole nitrogens is 1. The van der Waals surface area contributed by atoms with Gasteiger partial charge in [0.1, 0.15) is 0 Å². The summed E-state index contributed by atoms with van der Waals surface area (Å²) >= 11 is 0. The largest absolute Gasteiger partial charge is 0.478 e. The molecule has 0 bridgehead atoms. The van der Waals surface area contributed by atoms with Crippen LogP contribution in [0.25, 0.3) is 6.08 Å². The lowest BCUT2D eigenvalue weighted by Crippen LogP contribution is -2.10. The van der Waals surface area contributed by atoms with E-state index in [-0.39, 0.29) is 0 Å². The Kier molecular flexibility index (Phi) is 1.40. The van der Waals surface area contributed by atoms with E-state index in [1.165, 1.54) is 6.20 Å². The molecule has 2 rings (SSSR count). The zero-order valence-electron chi connectivity index (χ0n) is 6.29. The lowest BCUT2D eigenvalue weighted by molar-refractivity contribution is 0.0697. The van der Waals surface area contributed by atoms with Gasteiger partial charge in [0.15, 0.2) is 0 Å². The number of nitrogens with one attached hydrogen (secondary N) is 2. The molecule has 0 amide bonds. The van der Waals surface area contributed by atoms with Crippen molar-refractivity contribution in [1.82, 2.24) is 10.3 Å². The summed E-state index contributed by atoms with van der Waals surface area (Å²) in [5.74, 6) is -0.890. The highest BCUT2D eigenvalue weighted by Crippen LogP contribution is 2.18. The number of carbonyl (C=O) groups is 1. The Morgan fingerprint density at radius 2 is 2.42 bits per heavy atom. The van der Waals surface area contributed by atoms with Crippen LogP contribution in [0.5, 0.6) is 0 Å². The lowest BCUT2D eigenvalue weighted by atomic mass is 10.1. The van der Waals surface area contributed by atoms with Crippen LogP contribution in [0.3, 0.4) is 0 Å². The van der Waals surface area contributed by atoms with Crippen LogP contribution < -0.4 is 5.32 Å². The number of aromatic amines is 1. The molecule has 0 saturated carbocycles. The van der Waals surface area contributed by atoms with E-state index in [2.05, 4.69) is 10.3 Å². The highest BCUT2D eigenvalue weighted by molar-refractivity contribution is 5.92. The number of rotatable bonds is 1. The van der Waals surface area contributed by atoms with Gasteiger partial charge in [0.25, 0.3) is 0 Å². The van der Waals surface area contributed by atoms with Gasteiger partial charge in [-0.15, -0.1) is 0 Å². The number of hydrogen-bond acceptors (Lipinski definition) is 2. The average Bonchev–Trinajstić information content (AvgIpc) is 2.47. The number of carboxylic acids is 1. The maximum Gasteiger partial charge on any atom is 0.337 e. The van der Waals surface area contributed by atoms with Crippen LogP contribution >= 0.6 is 0 Å². The van der Waals surface area contributed by atoms with Crippen LogP contribution in [-0.2, 0) is 6.54 Å². The number of hydrogen-bond donors (Lipinski definition) is 3. The fraction of sp³-hybridized carbons (Fsp3) is 0.125. The second kappa shape index (κ2) is 2.41. The van der Waals surface area contributed by atoms with Crippen LogP contribution in [0.1, 0.15) is 21.6 Å². The van der Waals surface area contributed by atoms with Crippen molar-refractivity contribution >= 4 is 12.0 Å². The van der Waals surface area contributed by atoms with E-state index in [4.69, 9.17) is 5.11 Å². The number of aromatic carboxylic acids is 1. The maximum absolute atomic E-state index is 10.7. The van der Waals surface area contributed by atoms with E-state index >= 15 is 0 Å². The summed E-state index contributed by atoms with van der Waals surface area (Å²) in [6.07, 6.45) is 5.03. The highest BCUT2D eigenvalue weighted by atomic mass is 16.4. The molecule has 3 N–H and O–H groups in total. The maximum atomic E-state index is 10.7. The lowest BCUT2D eigenvalue weighted by Gasteiger charge is -2.06. The van der Waals surface area contributed by atoms with Crippen molar-refractivity contribution in [2.75, 3.05) is 0 Å². The van der Waals surface area contributed by atoms with Crippen LogP contribution in [0, 0.1) is 0 Å². The van der Waals surface area contributed by atoms with Crippen molar-refractivity contribution in [2.24, 2.45) is 0 Å². The van der Waals surface area contributed by atoms with E-state index in [0.717, 1.165) is 11.3 Å². The van der Waals surface area contributed by atoms with Gasteiger partial charge in [-0.3, -0.25) is 0 Å². The topological polar surface area (TPSA) is 65.1 Å². The van der Waals surface area contributed by atoms with Gasteiger partial charge in [0.05, 0.1) is 12.1 Å². The molecule has 0 unspecified atom stereocenters. The molecule has 4 heteroatoms. The van der Waals surface area contributed by atoms with E-state index in [0.29, 0.717) is 12.1 Å². The van der Waals surface area contributed by atoms with Crippen LogP contribution in [-0.4, -0.2) is 16.1 Å². The average molecular weight is 164 g/mol. The molecule has 0 atom stereocenters. The molecule has 12 heavy (non-hydrogen) atoms. The molecular weight excluding hydrogens is 156 g/mol. The van der Waals surface area contributed by atoms with Crippen molar-refractivity contribution in [3.05, 3.63) is 29.2 Å². The van der Waals surface area contributed by atoms with Gasteiger partial charge in [-0.1, -0.05) is 0 Å². The third-order valence-electron chi connectivity index (χ3n) is 1.88. The summed E-state index contributed by atoms with van der Waals surface area (Å²) in [6.45, 7) is 0.666. The minimum Gasteiger partial charge on any atom is -0.478 e. The van der Waals surface area contributed by atoms with Gasteiger partial charge in [-0.2, -0.15) is 0 Å². The van der Waals surface area contributed by atoms with E-state index in [1.54, 1.807) is 12.3 Å². The first-order valence-corrected chi connectivity index (χ1v) is 3.62. The van der Waals surface area contributed by atoms with Crippen LogP contribution in [0.4, 0.5) is 0 Å². The molecule has 0 radical (unpaired) electrons. The Balaban J connectivity index is 2.54. The smallest absolute Gasteiger partial charge is 0.337 e. The summed E-state index contributed by atoms with van der Waals surface area (Å²) in [6, 6.07) is 0. The van der Waals surface area contributed by atoms with Crippen molar-refractivity contribution in [3.63, 3.8) is 0 Å². The minimum atomic E-state index is -0.890. The molecule has 1 aliphatic heterocycles. The second-order valence-corrected chi connectivity index (χ2v) is 2.61. The predicted molar refractivity (Wildman–Crippen MR) is 43.6 cm³/mol. The summed E-state index contributed by atoms with van der Waals surface area (Å²) in [5.41, 5.74) is 2.04. The van der Waals surface area contributed by atoms with Crippen LogP contribution in [0.15, 0.2) is 12.4 Å². The van der Waals surface area contributed by atoms with Gasteiger partial charge in [-0.05, 0) is 12.3 Å². The zero-order valence-corrected chi connectivity index (χ0v) is 6.29. The third-order valence-corrected chi connectivity index (χ3v) is 1.88. The van der Waals surface area contributed by atoms with E-state index < -0.39 is 5.97 Å². The fourth-order valence-electron chi connectivity index (χ4n) is 1.29. The fourth-order valence-corrected chi connectivity index (χ4v) is 1.29. The number of fused-ring (bicyclic) bond motifs is 1. The SMILES string of the molecule is O=C(O)c1c[nH]c2c1C=CNC2. The van der Waals surface area contributed by atoms with Crippen molar-refractivity contribution in [3.8, 4) is 0 Å². The Labute approximate surface area is 68.9 Å². The van der Waals surface area contributed by atoms with Gasteiger partial charge >= 0.3 is 5.97 Å². The van der Waals surface area contributed by atoms with Crippen molar-refractivity contribution < 1.29 is 9.90 Å². The first kappa shape index (κ1) is 6.97. The highest BCUT2D eigenvalue weighted by Gasteiger charge is 2.15. The molecule has 1 aromatic heterocycles. The predicted octanol–water partition coefficient (Wildman–Crippen LogP) is 0.787. The van der Waals surface area contributed by atoms with Crippen molar-refractivity contribution in [1.29, 1.82) is 0 Å². The Bertz CT molecular complexity index is 352. The van der Waals surface area contributed by atoms with E-state index in [9.17, 15) is 4.79 Å². The summed E-state index contributed by atoms with van der Waals surface area (Å²) in [4.78, 5) is 13.6. The van der Waals surface area contributed by atoms with E-state index in [1.807, 2.05) is 0 Å². The van der Waals surface area contributed by atoms with Crippen LogP contribution in [0.2, 0.25) is 0 Å². The number of carboxylic acid groups (broad SMARTS) is 1. The van der Waals surface area contributed by atoms with Gasteiger partial charge < -0.3 is 15.4 Å². The quantitative estimate of drug-likeness (QED) is 0.574. The molecule has 1 aliphatic rings. The molecule has 0 aliphatic carbocycles. The molecule has 62 valence electrons. The molecule has 0 aromatic carbocycles. The third kappa shape index (κ3) is 0.887. The monoisotopic (exact) mass is 164 g/mol. The Morgan fingerprint density at radius 3 is 3.17 bits per heavy atom. The molecule has 0 spiro atoms. The Hall–Kier alpha value is -1.71. The molecular formula is C8H8N2O2. The summed E-state index contributed by atoms with van der Waals surface area (Å²) < 4.78 is 0. The molecule has 0 fully saturated rings. The van der Waals surface area contributed by atoms with Gasteiger partial charge in [0.2, 0.25) is 0 Å². The van der Waals surface area contributed by atoms with Gasteiger partial charge in [0, 0.05) is 17.5 Å². The normalized spacial score (nSPS) is 13.7. The molecule has 0 saturated heterocycles. The Morgan fingerprint density at radius 1 is 1.58 bits per heavy atom. The standard InChI is InChI=1S/C8H8N2O2/c11-8(12)6-3-10-7-4-9-2-1-5(6)7/h1-3,9-10H,4H2,(H,11,12). The van der Waals surface area contributed by atoms with Gasteiger partial charge in [-0.25, -0.2) is 4.79 Å². The zero-order chi connectivity index (χ0) is 8.55. The minimum absolute atomic E-state index is 0.336. The second-order valence-electron chi connectivity index (χ2n) is 2.61. The first-order valence-electron chi connectivity index (χ1n) is 3.62. The summed E-state index contributed by atoms with van der Waals surface area (Å²) in [5, 5.41) is 11.7. The molecule has 1 aromatic rings. The summed E-state index contributed by atoms with van der Waals surface area (Å²) in [7, 11) is 0. The van der Waals surface area contributed by atoms with Crippen molar-refractivity contribution in [2.45, 2.75) is 6.54 Å². The molecule has 2 heterocycles. The number of aromatic nitrogens is 1. The molecule has 4 nitrogen and oxygen atoms in total.